The molecule has 3 saturated carbocycles. The normalized spacial score (nSPS) is 42.9. The molecular weight excluding hydrogens is 330 g/mol. The number of hydrogen-bond acceptors (Lipinski definition) is 7. The van der Waals surface area contributed by atoms with E-state index in [1.54, 1.807) is 0 Å². The molecule has 136 valence electrons. The standard InChI is InChI=1S/C16H21N3O6/c1-22-13(20)9-8-10(9)16(18-19-17,14(21)23-2)12-11(8)24-15(25-12)6-4-3-5-7-15/h8-12H,3-7H2,1-2H3/t8-,9-,10-,11?,12?,16+/m0/s1. The predicted molar refractivity (Wildman–Crippen MR) is 81.9 cm³/mol. The lowest BCUT2D eigenvalue weighted by Crippen LogP contribution is -2.52. The van der Waals surface area contributed by atoms with Crippen LogP contribution in [-0.2, 0) is 28.5 Å². The van der Waals surface area contributed by atoms with E-state index >= 15 is 0 Å². The first-order chi connectivity index (χ1) is 12.0. The average Bonchev–Trinajstić information content (AvgIpc) is 3.20. The van der Waals surface area contributed by atoms with Crippen LogP contribution in [0.4, 0.5) is 0 Å². The van der Waals surface area contributed by atoms with Gasteiger partial charge in [-0.15, -0.1) is 0 Å². The van der Waals surface area contributed by atoms with E-state index in [-0.39, 0.29) is 5.92 Å². The van der Waals surface area contributed by atoms with Gasteiger partial charge in [0.15, 0.2) is 11.3 Å². The van der Waals surface area contributed by atoms with Gasteiger partial charge in [0.05, 0.1) is 26.2 Å². The van der Waals surface area contributed by atoms with Gasteiger partial charge in [-0.2, -0.15) is 0 Å². The largest absolute Gasteiger partial charge is 0.469 e. The van der Waals surface area contributed by atoms with Gasteiger partial charge in [-0.25, -0.2) is 0 Å². The van der Waals surface area contributed by atoms with Crippen molar-refractivity contribution < 1.29 is 28.5 Å². The number of rotatable bonds is 3. The SMILES string of the molecule is COC(=O)[C@H]1[C@@H]2C3OC4(CCCCC4)OC3[C@@](N=[N+]=[N-])(C(=O)OC)[C@H]12. The average molecular weight is 351 g/mol. The molecule has 0 aromatic carbocycles. The fourth-order valence-electron chi connectivity index (χ4n) is 5.18. The summed E-state index contributed by atoms with van der Waals surface area (Å²) >= 11 is 0. The maximum Gasteiger partial charge on any atom is 0.320 e. The molecule has 0 amide bonds. The molecule has 6 atom stereocenters. The Morgan fingerprint density at radius 2 is 1.88 bits per heavy atom. The number of carbonyl (C=O) groups is 2. The van der Waals surface area contributed by atoms with Crippen molar-refractivity contribution in [3.63, 3.8) is 0 Å². The van der Waals surface area contributed by atoms with Crippen LogP contribution in [0.2, 0.25) is 0 Å². The van der Waals surface area contributed by atoms with Gasteiger partial charge in [0.2, 0.25) is 0 Å². The molecule has 1 heterocycles. The molecule has 0 N–H and O–H groups in total. The van der Waals surface area contributed by atoms with Crippen molar-refractivity contribution in [1.82, 2.24) is 0 Å². The van der Waals surface area contributed by atoms with Crippen LogP contribution in [0.5, 0.6) is 0 Å². The summed E-state index contributed by atoms with van der Waals surface area (Å²) < 4.78 is 22.3. The summed E-state index contributed by atoms with van der Waals surface area (Å²) in [5.74, 6) is -3.19. The molecule has 0 aromatic rings. The van der Waals surface area contributed by atoms with Gasteiger partial charge in [-0.1, -0.05) is 11.5 Å². The van der Waals surface area contributed by atoms with Crippen LogP contribution in [0.15, 0.2) is 5.11 Å². The van der Waals surface area contributed by atoms with Gasteiger partial charge in [0.25, 0.3) is 0 Å². The third kappa shape index (κ3) is 2.06. The summed E-state index contributed by atoms with van der Waals surface area (Å²) in [6.45, 7) is 0. The molecule has 25 heavy (non-hydrogen) atoms. The van der Waals surface area contributed by atoms with Crippen molar-refractivity contribution in [2.24, 2.45) is 22.9 Å². The van der Waals surface area contributed by atoms with Crippen LogP contribution in [0.3, 0.4) is 0 Å². The Kier molecular flexibility index (Phi) is 3.72. The number of ether oxygens (including phenoxy) is 4. The Labute approximate surface area is 144 Å². The lowest BCUT2D eigenvalue weighted by molar-refractivity contribution is -0.206. The van der Waals surface area contributed by atoms with Gasteiger partial charge in [0, 0.05) is 29.6 Å². The van der Waals surface area contributed by atoms with Crippen LogP contribution in [0.1, 0.15) is 32.1 Å². The number of carbonyl (C=O) groups excluding carboxylic acids is 2. The van der Waals surface area contributed by atoms with E-state index < -0.39 is 47.3 Å². The number of methoxy groups -OCH3 is 2. The fourth-order valence-corrected chi connectivity index (χ4v) is 5.18. The van der Waals surface area contributed by atoms with Gasteiger partial charge in [0.1, 0.15) is 6.10 Å². The molecule has 1 spiro atoms. The Balaban J connectivity index is 1.75. The van der Waals surface area contributed by atoms with Crippen molar-refractivity contribution in [3.8, 4) is 0 Å². The summed E-state index contributed by atoms with van der Waals surface area (Å²) in [5.41, 5.74) is 7.53. The van der Waals surface area contributed by atoms with E-state index in [0.29, 0.717) is 0 Å². The topological polar surface area (TPSA) is 120 Å². The second-order valence-corrected chi connectivity index (χ2v) is 7.25. The Hall–Kier alpha value is -1.83. The highest BCUT2D eigenvalue weighted by Gasteiger charge is 2.83. The van der Waals surface area contributed by atoms with E-state index in [0.717, 1.165) is 32.1 Å². The van der Waals surface area contributed by atoms with Crippen LogP contribution in [0.25, 0.3) is 10.4 Å². The van der Waals surface area contributed by atoms with Gasteiger partial charge in [-0.05, 0) is 18.4 Å². The summed E-state index contributed by atoms with van der Waals surface area (Å²) in [4.78, 5) is 27.7. The first-order valence-corrected chi connectivity index (χ1v) is 8.63. The Morgan fingerprint density at radius 3 is 2.48 bits per heavy atom. The maximum atomic E-state index is 12.7. The zero-order chi connectivity index (χ0) is 17.8. The number of esters is 2. The quantitative estimate of drug-likeness (QED) is 0.330. The van der Waals surface area contributed by atoms with Crippen LogP contribution in [0, 0.1) is 17.8 Å². The van der Waals surface area contributed by atoms with Crippen LogP contribution >= 0.6 is 0 Å². The lowest BCUT2D eigenvalue weighted by atomic mass is 9.87. The Bertz CT molecular complexity index is 656. The zero-order valence-corrected chi connectivity index (χ0v) is 14.2. The molecule has 9 nitrogen and oxygen atoms in total. The van der Waals surface area contributed by atoms with Crippen molar-refractivity contribution >= 4 is 11.9 Å². The predicted octanol–water partition coefficient (Wildman–Crippen LogP) is 1.70. The fraction of sp³-hybridized carbons (Fsp3) is 0.875. The zero-order valence-electron chi connectivity index (χ0n) is 14.2. The molecule has 3 aliphatic carbocycles. The monoisotopic (exact) mass is 351 g/mol. The molecular formula is C16H21N3O6. The molecule has 1 aliphatic heterocycles. The van der Waals surface area contributed by atoms with Gasteiger partial charge >= 0.3 is 11.9 Å². The Morgan fingerprint density at radius 1 is 1.16 bits per heavy atom. The number of azide groups is 1. The number of fused-ring (bicyclic) bond motifs is 3. The number of hydrogen-bond donors (Lipinski definition) is 0. The molecule has 4 aliphatic rings. The third-order valence-corrected chi connectivity index (χ3v) is 6.20. The summed E-state index contributed by atoms with van der Waals surface area (Å²) in [5, 5.41) is 3.83. The minimum atomic E-state index is -1.58. The van der Waals surface area contributed by atoms with Crippen molar-refractivity contribution in [2.45, 2.75) is 55.6 Å². The van der Waals surface area contributed by atoms with Gasteiger partial charge in [-0.3, -0.25) is 9.59 Å². The number of nitrogens with zero attached hydrogens (tertiary/aromatic N) is 3. The molecule has 0 bridgehead atoms. The highest BCUT2D eigenvalue weighted by atomic mass is 16.8. The van der Waals surface area contributed by atoms with Crippen LogP contribution < -0.4 is 0 Å². The highest BCUT2D eigenvalue weighted by Crippen LogP contribution is 2.69. The minimum Gasteiger partial charge on any atom is -0.469 e. The molecule has 0 aromatic heterocycles. The maximum absolute atomic E-state index is 12.7. The van der Waals surface area contributed by atoms with Crippen molar-refractivity contribution in [1.29, 1.82) is 0 Å². The van der Waals surface area contributed by atoms with E-state index in [2.05, 4.69) is 10.0 Å². The lowest BCUT2D eigenvalue weighted by Gasteiger charge is -2.35. The first-order valence-electron chi connectivity index (χ1n) is 8.63. The summed E-state index contributed by atoms with van der Waals surface area (Å²) in [7, 11) is 2.54. The van der Waals surface area contributed by atoms with E-state index in [9.17, 15) is 9.59 Å². The van der Waals surface area contributed by atoms with Crippen molar-refractivity contribution in [3.05, 3.63) is 10.4 Å². The first kappa shape index (κ1) is 16.6. The molecule has 0 radical (unpaired) electrons. The molecule has 2 unspecified atom stereocenters. The van der Waals surface area contributed by atoms with Crippen LogP contribution in [-0.4, -0.2) is 49.7 Å². The second-order valence-electron chi connectivity index (χ2n) is 7.25. The van der Waals surface area contributed by atoms with Crippen molar-refractivity contribution in [2.75, 3.05) is 14.2 Å². The second kappa shape index (κ2) is 5.59. The molecule has 9 heteroatoms. The molecule has 4 rings (SSSR count). The van der Waals surface area contributed by atoms with E-state index in [1.807, 2.05) is 0 Å². The molecule has 4 fully saturated rings. The van der Waals surface area contributed by atoms with Gasteiger partial charge < -0.3 is 18.9 Å². The minimum absolute atomic E-state index is 0.261. The smallest absolute Gasteiger partial charge is 0.320 e. The summed E-state index contributed by atoms with van der Waals surface area (Å²) in [6, 6.07) is 0. The molecule has 1 saturated heterocycles. The van der Waals surface area contributed by atoms with E-state index in [1.165, 1.54) is 14.2 Å². The summed E-state index contributed by atoms with van der Waals surface area (Å²) in [6.07, 6.45) is 3.31. The third-order valence-electron chi connectivity index (χ3n) is 6.20. The van der Waals surface area contributed by atoms with E-state index in [4.69, 9.17) is 24.5 Å². The highest BCUT2D eigenvalue weighted by molar-refractivity contribution is 5.88.